The van der Waals surface area contributed by atoms with Gasteiger partial charge in [-0.05, 0) is 54.9 Å². The van der Waals surface area contributed by atoms with Crippen molar-refractivity contribution in [2.24, 2.45) is 0 Å². The lowest BCUT2D eigenvalue weighted by molar-refractivity contribution is 0.0506. The van der Waals surface area contributed by atoms with Crippen LogP contribution in [0.15, 0.2) is 30.9 Å². The highest BCUT2D eigenvalue weighted by molar-refractivity contribution is 5.43. The van der Waals surface area contributed by atoms with Crippen LogP contribution in [0.1, 0.15) is 37.8 Å². The largest absolute Gasteiger partial charge is 0.508 e. The molecule has 2 nitrogen and oxygen atoms in total. The predicted octanol–water partition coefficient (Wildman–Crippen LogP) is 3.24. The van der Waals surface area contributed by atoms with Crippen LogP contribution in [0.5, 0.6) is 5.75 Å². The van der Waals surface area contributed by atoms with Crippen LogP contribution in [-0.2, 0) is 11.8 Å². The number of hydrogen-bond acceptors (Lipinski definition) is 2. The van der Waals surface area contributed by atoms with Gasteiger partial charge in [0.15, 0.2) is 0 Å². The molecule has 2 heteroatoms. The SMILES string of the molecule is C=CCN1C(C)CC2(C)CC1Cc1ccc(O)cc12. The van der Waals surface area contributed by atoms with Gasteiger partial charge in [-0.1, -0.05) is 19.1 Å². The summed E-state index contributed by atoms with van der Waals surface area (Å²) in [6.07, 6.45) is 5.48. The van der Waals surface area contributed by atoms with Crippen molar-refractivity contribution in [3.05, 3.63) is 42.0 Å². The zero-order valence-electron chi connectivity index (χ0n) is 11.9. The lowest BCUT2D eigenvalue weighted by atomic mass is 9.63. The van der Waals surface area contributed by atoms with Gasteiger partial charge in [0.1, 0.15) is 5.75 Å². The summed E-state index contributed by atoms with van der Waals surface area (Å²) in [4.78, 5) is 2.59. The lowest BCUT2D eigenvalue weighted by Gasteiger charge is -2.53. The van der Waals surface area contributed by atoms with E-state index in [2.05, 4.69) is 31.4 Å². The molecule has 1 aliphatic heterocycles. The number of fused-ring (bicyclic) bond motifs is 4. The molecule has 0 radical (unpaired) electrons. The van der Waals surface area contributed by atoms with Crippen molar-refractivity contribution >= 4 is 0 Å². The zero-order valence-corrected chi connectivity index (χ0v) is 11.9. The summed E-state index contributed by atoms with van der Waals surface area (Å²) in [5.74, 6) is 0.402. The average Bonchev–Trinajstić information content (AvgIpc) is 2.35. The molecule has 0 saturated carbocycles. The van der Waals surface area contributed by atoms with Crippen LogP contribution in [-0.4, -0.2) is 28.6 Å². The minimum atomic E-state index is 0.216. The van der Waals surface area contributed by atoms with Crippen molar-refractivity contribution in [3.8, 4) is 5.75 Å². The molecule has 1 N–H and O–H groups in total. The molecule has 0 aromatic heterocycles. The Balaban J connectivity index is 2.03. The Kier molecular flexibility index (Phi) is 2.94. The Morgan fingerprint density at radius 2 is 2.26 bits per heavy atom. The first kappa shape index (κ1) is 12.7. The quantitative estimate of drug-likeness (QED) is 0.822. The standard InChI is InChI=1S/C17H23NO/c1-4-7-18-12(2)10-17(3)11-14(18)8-13-5-6-15(19)9-16(13)17/h4-6,9,12,14,19H,1,7-8,10-11H2,2-3H3. The first-order valence-corrected chi connectivity index (χ1v) is 7.22. The van der Waals surface area contributed by atoms with Crippen molar-refractivity contribution in [2.45, 2.75) is 50.6 Å². The van der Waals surface area contributed by atoms with Crippen molar-refractivity contribution < 1.29 is 5.11 Å². The lowest BCUT2D eigenvalue weighted by Crippen LogP contribution is -2.55. The fourth-order valence-electron chi connectivity index (χ4n) is 4.30. The smallest absolute Gasteiger partial charge is 0.115 e. The monoisotopic (exact) mass is 257 g/mol. The topological polar surface area (TPSA) is 23.5 Å². The summed E-state index contributed by atoms with van der Waals surface area (Å²) in [6.45, 7) is 9.56. The molecule has 1 saturated heterocycles. The van der Waals surface area contributed by atoms with E-state index >= 15 is 0 Å². The van der Waals surface area contributed by atoms with Crippen LogP contribution < -0.4 is 0 Å². The van der Waals surface area contributed by atoms with Gasteiger partial charge in [0, 0.05) is 18.6 Å². The molecule has 3 atom stereocenters. The molecular formula is C17H23NO. The average molecular weight is 257 g/mol. The maximum Gasteiger partial charge on any atom is 0.115 e. The summed E-state index contributed by atoms with van der Waals surface area (Å²) in [7, 11) is 0. The molecule has 2 aliphatic rings. The van der Waals surface area contributed by atoms with E-state index in [4.69, 9.17) is 0 Å². The molecule has 1 fully saturated rings. The Hall–Kier alpha value is -1.28. The maximum atomic E-state index is 9.78. The van der Waals surface area contributed by atoms with Crippen LogP contribution in [0, 0.1) is 0 Å². The molecule has 102 valence electrons. The number of phenols is 1. The normalized spacial score (nSPS) is 33.8. The minimum absolute atomic E-state index is 0.216. The van der Waals surface area contributed by atoms with E-state index in [0.29, 0.717) is 17.8 Å². The number of hydrogen-bond donors (Lipinski definition) is 1. The molecule has 0 spiro atoms. The molecule has 1 heterocycles. The highest BCUT2D eigenvalue weighted by atomic mass is 16.3. The van der Waals surface area contributed by atoms with Crippen molar-refractivity contribution in [3.63, 3.8) is 0 Å². The van der Waals surface area contributed by atoms with E-state index < -0.39 is 0 Å². The van der Waals surface area contributed by atoms with E-state index in [9.17, 15) is 5.11 Å². The summed E-state index contributed by atoms with van der Waals surface area (Å²) in [6, 6.07) is 7.12. The molecule has 1 aliphatic carbocycles. The third-order valence-corrected chi connectivity index (χ3v) is 5.01. The molecule has 3 rings (SSSR count). The molecular weight excluding hydrogens is 234 g/mol. The van der Waals surface area contributed by atoms with Crippen LogP contribution >= 0.6 is 0 Å². The van der Waals surface area contributed by atoms with Gasteiger partial charge in [0.2, 0.25) is 0 Å². The maximum absolute atomic E-state index is 9.78. The van der Waals surface area contributed by atoms with E-state index in [1.165, 1.54) is 17.5 Å². The van der Waals surface area contributed by atoms with Gasteiger partial charge < -0.3 is 5.11 Å². The number of piperidine rings is 1. The van der Waals surface area contributed by atoms with Gasteiger partial charge in [-0.15, -0.1) is 6.58 Å². The minimum Gasteiger partial charge on any atom is -0.508 e. The van der Waals surface area contributed by atoms with E-state index in [1.807, 2.05) is 18.2 Å². The number of nitrogens with zero attached hydrogens (tertiary/aromatic N) is 1. The molecule has 2 bridgehead atoms. The Morgan fingerprint density at radius 3 is 3.00 bits per heavy atom. The van der Waals surface area contributed by atoms with E-state index in [-0.39, 0.29) is 5.41 Å². The van der Waals surface area contributed by atoms with Gasteiger partial charge in [0.05, 0.1) is 0 Å². The molecule has 19 heavy (non-hydrogen) atoms. The summed E-state index contributed by atoms with van der Waals surface area (Å²) >= 11 is 0. The molecule has 1 aromatic carbocycles. The van der Waals surface area contributed by atoms with Gasteiger partial charge in [0.25, 0.3) is 0 Å². The predicted molar refractivity (Wildman–Crippen MR) is 78.5 cm³/mol. The Morgan fingerprint density at radius 1 is 1.47 bits per heavy atom. The van der Waals surface area contributed by atoms with Crippen LogP contribution in [0.2, 0.25) is 0 Å². The first-order chi connectivity index (χ1) is 9.03. The second-order valence-corrected chi connectivity index (χ2v) is 6.50. The third-order valence-electron chi connectivity index (χ3n) is 5.01. The summed E-state index contributed by atoms with van der Waals surface area (Å²) in [5.41, 5.74) is 3.00. The first-order valence-electron chi connectivity index (χ1n) is 7.22. The molecule has 1 aromatic rings. The van der Waals surface area contributed by atoms with Gasteiger partial charge >= 0.3 is 0 Å². The summed E-state index contributed by atoms with van der Waals surface area (Å²) < 4.78 is 0. The number of aromatic hydroxyl groups is 1. The molecule has 3 unspecified atom stereocenters. The second kappa shape index (κ2) is 4.38. The van der Waals surface area contributed by atoms with Crippen molar-refractivity contribution in [1.82, 2.24) is 4.90 Å². The van der Waals surface area contributed by atoms with Crippen LogP contribution in [0.4, 0.5) is 0 Å². The van der Waals surface area contributed by atoms with E-state index in [1.54, 1.807) is 0 Å². The Bertz CT molecular complexity index is 510. The van der Waals surface area contributed by atoms with Gasteiger partial charge in [-0.3, -0.25) is 4.90 Å². The van der Waals surface area contributed by atoms with Crippen LogP contribution in [0.3, 0.4) is 0 Å². The highest BCUT2D eigenvalue weighted by Gasteiger charge is 2.45. The number of benzene rings is 1. The fraction of sp³-hybridized carbons (Fsp3) is 0.529. The third kappa shape index (κ3) is 1.99. The van der Waals surface area contributed by atoms with Crippen LogP contribution in [0.25, 0.3) is 0 Å². The van der Waals surface area contributed by atoms with Crippen molar-refractivity contribution in [1.29, 1.82) is 0 Å². The zero-order chi connectivity index (χ0) is 13.6. The Labute approximate surface area is 115 Å². The van der Waals surface area contributed by atoms with E-state index in [0.717, 1.165) is 19.4 Å². The van der Waals surface area contributed by atoms with Gasteiger partial charge in [-0.25, -0.2) is 0 Å². The second-order valence-electron chi connectivity index (χ2n) is 6.50. The fourth-order valence-corrected chi connectivity index (χ4v) is 4.30. The number of likely N-dealkylation sites (tertiary alicyclic amines) is 1. The van der Waals surface area contributed by atoms with Crippen molar-refractivity contribution in [2.75, 3.05) is 6.54 Å². The summed E-state index contributed by atoms with van der Waals surface area (Å²) in [5, 5.41) is 9.78. The molecule has 0 amide bonds. The van der Waals surface area contributed by atoms with Gasteiger partial charge in [-0.2, -0.15) is 0 Å². The number of rotatable bonds is 2. The highest BCUT2D eigenvalue weighted by Crippen LogP contribution is 2.47. The number of phenolic OH excluding ortho intramolecular Hbond substituents is 1.